The molecule has 0 rings (SSSR count). The lowest BCUT2D eigenvalue weighted by molar-refractivity contribution is 0.324. The average molecular weight is 260 g/mol. The Balaban J connectivity index is 3.33. The van der Waals surface area contributed by atoms with Crippen molar-refractivity contribution in [2.75, 3.05) is 37.7 Å². The van der Waals surface area contributed by atoms with E-state index in [1.165, 1.54) is 50.4 Å². The molecule has 0 aromatic heterocycles. The first kappa shape index (κ1) is 17.3. The van der Waals surface area contributed by atoms with Crippen LogP contribution in [0.5, 0.6) is 0 Å². The number of nitrogens with zero attached hydrogens (tertiary/aromatic N) is 1. The van der Waals surface area contributed by atoms with Crippen LogP contribution in [0.1, 0.15) is 47.0 Å². The van der Waals surface area contributed by atoms with Crippen molar-refractivity contribution < 1.29 is 0 Å². The van der Waals surface area contributed by atoms with Crippen LogP contribution in [0.25, 0.3) is 0 Å². The molecule has 0 heterocycles. The lowest BCUT2D eigenvalue weighted by Crippen LogP contribution is -2.28. The van der Waals surface area contributed by atoms with Gasteiger partial charge in [-0.3, -0.25) is 0 Å². The molecule has 0 fully saturated rings. The van der Waals surface area contributed by atoms with Crippen LogP contribution in [0.2, 0.25) is 0 Å². The number of hydrogen-bond acceptors (Lipinski definition) is 3. The van der Waals surface area contributed by atoms with Crippen LogP contribution in [0.4, 0.5) is 0 Å². The summed E-state index contributed by atoms with van der Waals surface area (Å²) in [5.41, 5.74) is 0. The molecule has 17 heavy (non-hydrogen) atoms. The normalized spacial score (nSPS) is 13.2. The van der Waals surface area contributed by atoms with Gasteiger partial charge in [0, 0.05) is 18.3 Å². The standard InChI is InChI=1S/C14H32N2S/c1-5-14(15-6-2)10-9-12-17-13-11-16(7-3)8-4/h14-15H,5-13H2,1-4H3. The highest BCUT2D eigenvalue weighted by atomic mass is 32.2. The largest absolute Gasteiger partial charge is 0.314 e. The first-order chi connectivity index (χ1) is 8.28. The summed E-state index contributed by atoms with van der Waals surface area (Å²) in [6.45, 7) is 13.7. The topological polar surface area (TPSA) is 15.3 Å². The smallest absolute Gasteiger partial charge is 0.00721 e. The van der Waals surface area contributed by atoms with Crippen LogP contribution in [0.3, 0.4) is 0 Å². The van der Waals surface area contributed by atoms with Gasteiger partial charge < -0.3 is 10.2 Å². The first-order valence-electron chi connectivity index (χ1n) is 7.31. The molecule has 0 aliphatic rings. The Kier molecular flexibility index (Phi) is 12.9. The molecule has 3 heteroatoms. The van der Waals surface area contributed by atoms with Crippen molar-refractivity contribution in [2.45, 2.75) is 53.0 Å². The van der Waals surface area contributed by atoms with Gasteiger partial charge in [-0.25, -0.2) is 0 Å². The minimum Gasteiger partial charge on any atom is -0.314 e. The molecule has 0 amide bonds. The molecule has 0 aliphatic carbocycles. The van der Waals surface area contributed by atoms with E-state index >= 15 is 0 Å². The fourth-order valence-electron chi connectivity index (χ4n) is 2.01. The third kappa shape index (κ3) is 9.93. The second kappa shape index (κ2) is 12.7. The Morgan fingerprint density at radius 2 is 1.76 bits per heavy atom. The average Bonchev–Trinajstić information content (AvgIpc) is 2.36. The van der Waals surface area contributed by atoms with Crippen molar-refractivity contribution in [3.05, 3.63) is 0 Å². The highest BCUT2D eigenvalue weighted by molar-refractivity contribution is 7.99. The zero-order valence-electron chi connectivity index (χ0n) is 12.3. The molecular weight excluding hydrogens is 228 g/mol. The van der Waals surface area contributed by atoms with Crippen molar-refractivity contribution in [3.8, 4) is 0 Å². The van der Waals surface area contributed by atoms with Gasteiger partial charge in [0.2, 0.25) is 0 Å². The summed E-state index contributed by atoms with van der Waals surface area (Å²) < 4.78 is 0. The molecule has 0 saturated heterocycles. The quantitative estimate of drug-likeness (QED) is 0.542. The van der Waals surface area contributed by atoms with E-state index in [1.807, 2.05) is 0 Å². The lowest BCUT2D eigenvalue weighted by Gasteiger charge is -2.18. The van der Waals surface area contributed by atoms with Crippen LogP contribution < -0.4 is 5.32 Å². The first-order valence-corrected chi connectivity index (χ1v) is 8.47. The molecule has 0 aliphatic heterocycles. The highest BCUT2D eigenvalue weighted by Crippen LogP contribution is 2.08. The Morgan fingerprint density at radius 3 is 2.29 bits per heavy atom. The number of rotatable bonds is 12. The van der Waals surface area contributed by atoms with Gasteiger partial charge in [0.15, 0.2) is 0 Å². The van der Waals surface area contributed by atoms with Gasteiger partial charge in [-0.05, 0) is 44.6 Å². The number of nitrogens with one attached hydrogen (secondary N) is 1. The Hall–Kier alpha value is 0.270. The Morgan fingerprint density at radius 1 is 1.06 bits per heavy atom. The van der Waals surface area contributed by atoms with Crippen molar-refractivity contribution in [2.24, 2.45) is 0 Å². The summed E-state index contributed by atoms with van der Waals surface area (Å²) in [6.07, 6.45) is 3.95. The van der Waals surface area contributed by atoms with Crippen LogP contribution in [0.15, 0.2) is 0 Å². The van der Waals surface area contributed by atoms with Gasteiger partial charge in [0.25, 0.3) is 0 Å². The minimum absolute atomic E-state index is 0.739. The van der Waals surface area contributed by atoms with E-state index in [1.54, 1.807) is 0 Å². The number of thioether (sulfide) groups is 1. The van der Waals surface area contributed by atoms with Crippen molar-refractivity contribution in [3.63, 3.8) is 0 Å². The van der Waals surface area contributed by atoms with E-state index < -0.39 is 0 Å². The lowest BCUT2D eigenvalue weighted by atomic mass is 10.1. The SMILES string of the molecule is CCNC(CC)CCCSCCN(CC)CC. The predicted octanol–water partition coefficient (Wildman–Crippen LogP) is 3.23. The van der Waals surface area contributed by atoms with Gasteiger partial charge in [-0.2, -0.15) is 11.8 Å². The highest BCUT2D eigenvalue weighted by Gasteiger charge is 2.03. The van der Waals surface area contributed by atoms with Gasteiger partial charge in [-0.1, -0.05) is 27.7 Å². The predicted molar refractivity (Wildman–Crippen MR) is 82.1 cm³/mol. The zero-order chi connectivity index (χ0) is 12.9. The van der Waals surface area contributed by atoms with Crippen LogP contribution in [-0.2, 0) is 0 Å². The summed E-state index contributed by atoms with van der Waals surface area (Å²) in [7, 11) is 0. The Bertz CT molecular complexity index is 149. The maximum absolute atomic E-state index is 3.54. The van der Waals surface area contributed by atoms with Crippen LogP contribution in [0, 0.1) is 0 Å². The van der Waals surface area contributed by atoms with Gasteiger partial charge in [-0.15, -0.1) is 0 Å². The molecule has 0 radical (unpaired) electrons. The van der Waals surface area contributed by atoms with E-state index in [-0.39, 0.29) is 0 Å². The summed E-state index contributed by atoms with van der Waals surface area (Å²) in [5.74, 6) is 2.61. The molecule has 1 unspecified atom stereocenters. The molecular formula is C14H32N2S. The minimum atomic E-state index is 0.739. The molecule has 0 saturated carbocycles. The maximum Gasteiger partial charge on any atom is 0.00721 e. The van der Waals surface area contributed by atoms with Gasteiger partial charge in [0.1, 0.15) is 0 Å². The van der Waals surface area contributed by atoms with E-state index in [2.05, 4.69) is 49.7 Å². The second-order valence-electron chi connectivity index (χ2n) is 4.44. The second-order valence-corrected chi connectivity index (χ2v) is 5.67. The van der Waals surface area contributed by atoms with E-state index in [0.29, 0.717) is 0 Å². The molecule has 2 nitrogen and oxygen atoms in total. The summed E-state index contributed by atoms with van der Waals surface area (Å²) >= 11 is 2.11. The third-order valence-corrected chi connectivity index (χ3v) is 4.32. The fourth-order valence-corrected chi connectivity index (χ4v) is 2.97. The van der Waals surface area contributed by atoms with Gasteiger partial charge >= 0.3 is 0 Å². The third-order valence-electron chi connectivity index (χ3n) is 3.27. The maximum atomic E-state index is 3.54. The summed E-state index contributed by atoms with van der Waals surface area (Å²) in [5, 5.41) is 3.54. The molecule has 0 spiro atoms. The van der Waals surface area contributed by atoms with Crippen LogP contribution >= 0.6 is 11.8 Å². The molecule has 104 valence electrons. The van der Waals surface area contributed by atoms with Gasteiger partial charge in [0.05, 0.1) is 0 Å². The molecule has 1 atom stereocenters. The van der Waals surface area contributed by atoms with E-state index in [9.17, 15) is 0 Å². The Labute approximate surface area is 113 Å². The van der Waals surface area contributed by atoms with E-state index in [4.69, 9.17) is 0 Å². The molecule has 0 aromatic carbocycles. The van der Waals surface area contributed by atoms with Crippen LogP contribution in [-0.4, -0.2) is 48.6 Å². The fraction of sp³-hybridized carbons (Fsp3) is 1.00. The van der Waals surface area contributed by atoms with Crippen molar-refractivity contribution in [1.82, 2.24) is 10.2 Å². The van der Waals surface area contributed by atoms with E-state index in [0.717, 1.165) is 12.6 Å². The molecule has 0 aromatic rings. The molecule has 0 bridgehead atoms. The number of hydrogen-bond donors (Lipinski definition) is 1. The monoisotopic (exact) mass is 260 g/mol. The summed E-state index contributed by atoms with van der Waals surface area (Å²) in [6, 6.07) is 0.739. The van der Waals surface area contributed by atoms with Crippen molar-refractivity contribution in [1.29, 1.82) is 0 Å². The zero-order valence-corrected chi connectivity index (χ0v) is 13.1. The summed E-state index contributed by atoms with van der Waals surface area (Å²) in [4.78, 5) is 2.50. The molecule has 1 N–H and O–H groups in total. The van der Waals surface area contributed by atoms with Crippen molar-refractivity contribution >= 4 is 11.8 Å².